The third kappa shape index (κ3) is 6.67. The molecule has 2 heterocycles. The predicted molar refractivity (Wildman–Crippen MR) is 156 cm³/mol. The lowest BCUT2D eigenvalue weighted by atomic mass is 9.79. The normalized spacial score (nSPS) is 18.1. The molecule has 11 heteroatoms. The van der Waals surface area contributed by atoms with Crippen molar-refractivity contribution in [3.05, 3.63) is 98.1 Å². The Morgan fingerprint density at radius 3 is 2.16 bits per heavy atom. The molecule has 0 aliphatic carbocycles. The average Bonchev–Trinajstić information content (AvgIpc) is 3.01. The van der Waals surface area contributed by atoms with E-state index >= 15 is 0 Å². The fourth-order valence-electron chi connectivity index (χ4n) is 6.04. The number of halogens is 1. The summed E-state index contributed by atoms with van der Waals surface area (Å²) in [6.07, 6.45) is 1.26. The van der Waals surface area contributed by atoms with Gasteiger partial charge in [0.2, 0.25) is 0 Å². The Labute approximate surface area is 249 Å². The Morgan fingerprint density at radius 2 is 1.58 bits per heavy atom. The van der Waals surface area contributed by atoms with Gasteiger partial charge in [-0.25, -0.2) is 14.0 Å². The molecule has 0 bridgehead atoms. The van der Waals surface area contributed by atoms with Crippen LogP contribution in [0, 0.1) is 21.8 Å². The third-order valence-corrected chi connectivity index (χ3v) is 8.28. The fourth-order valence-corrected chi connectivity index (χ4v) is 6.04. The molecule has 4 rings (SSSR count). The van der Waals surface area contributed by atoms with Crippen molar-refractivity contribution in [1.82, 2.24) is 9.80 Å². The number of esters is 2. The summed E-state index contributed by atoms with van der Waals surface area (Å²) in [6.45, 7) is 7.54. The first kappa shape index (κ1) is 31.6. The predicted octanol–water partition coefficient (Wildman–Crippen LogP) is 5.01. The molecule has 1 saturated heterocycles. The Kier molecular flexibility index (Phi) is 10.1. The fraction of sp³-hybridized carbons (Fsp3) is 0.406. The number of nitro groups is 1. The number of hydrogen-bond acceptors (Lipinski definition) is 9. The zero-order valence-corrected chi connectivity index (χ0v) is 24.8. The van der Waals surface area contributed by atoms with Gasteiger partial charge in [-0.15, -0.1) is 0 Å². The summed E-state index contributed by atoms with van der Waals surface area (Å²) in [6, 6.07) is 11.6. The van der Waals surface area contributed by atoms with Gasteiger partial charge in [-0.05, 0) is 71.0 Å². The number of para-hydroxylation sites is 1. The van der Waals surface area contributed by atoms with E-state index in [9.17, 15) is 28.9 Å². The van der Waals surface area contributed by atoms with E-state index in [1.807, 2.05) is 6.92 Å². The van der Waals surface area contributed by atoms with Crippen molar-refractivity contribution in [2.24, 2.45) is 5.92 Å². The number of likely N-dealkylation sites (tertiary alicyclic amines) is 1. The van der Waals surface area contributed by atoms with Gasteiger partial charge in [-0.2, -0.15) is 0 Å². The molecule has 0 amide bonds. The zero-order valence-electron chi connectivity index (χ0n) is 24.8. The van der Waals surface area contributed by atoms with Crippen LogP contribution in [0.2, 0.25) is 0 Å². The van der Waals surface area contributed by atoms with Crippen molar-refractivity contribution in [2.45, 2.75) is 39.5 Å². The van der Waals surface area contributed by atoms with Gasteiger partial charge < -0.3 is 14.4 Å². The van der Waals surface area contributed by atoms with E-state index in [1.54, 1.807) is 30.9 Å². The van der Waals surface area contributed by atoms with Gasteiger partial charge in [0.25, 0.3) is 5.69 Å². The summed E-state index contributed by atoms with van der Waals surface area (Å²) in [5.41, 5.74) is 1.85. The van der Waals surface area contributed by atoms with Crippen LogP contribution >= 0.6 is 0 Å². The van der Waals surface area contributed by atoms with E-state index in [2.05, 4.69) is 4.90 Å². The standard InChI is InChI=1S/C32H36FN3O7/c1-5-35-20(2)27(31(38)42-4)29(25-8-6-7-9-26(25)36(40)41)28(21(35)3)32(39)43-19-18-34-16-14-23(15-17-34)30(37)22-10-12-24(33)13-11-22/h6-13,23,29H,5,14-19H2,1-4H3. The van der Waals surface area contributed by atoms with Gasteiger partial charge in [0.05, 0.1) is 29.1 Å². The number of ketones is 1. The highest BCUT2D eigenvalue weighted by molar-refractivity contribution is 6.00. The first-order valence-electron chi connectivity index (χ1n) is 14.3. The summed E-state index contributed by atoms with van der Waals surface area (Å²) in [4.78, 5) is 55.0. The molecular formula is C32H36FN3O7. The number of nitrogens with zero attached hydrogens (tertiary/aromatic N) is 3. The summed E-state index contributed by atoms with van der Waals surface area (Å²) >= 11 is 0. The van der Waals surface area contributed by atoms with Gasteiger partial charge in [-0.3, -0.25) is 19.8 Å². The van der Waals surface area contributed by atoms with Gasteiger partial charge >= 0.3 is 11.9 Å². The Hall–Kier alpha value is -4.38. The van der Waals surface area contributed by atoms with Crippen LogP contribution in [0.3, 0.4) is 0 Å². The van der Waals surface area contributed by atoms with E-state index in [1.165, 1.54) is 43.5 Å². The van der Waals surface area contributed by atoms with Crippen molar-refractivity contribution in [3.63, 3.8) is 0 Å². The molecule has 2 aliphatic rings. The smallest absolute Gasteiger partial charge is 0.336 e. The van der Waals surface area contributed by atoms with Gasteiger partial charge in [-0.1, -0.05) is 18.2 Å². The van der Waals surface area contributed by atoms with Crippen LogP contribution in [0.5, 0.6) is 0 Å². The number of rotatable bonds is 10. The number of ether oxygens (including phenoxy) is 2. The number of allylic oxidation sites excluding steroid dienone is 2. The molecule has 0 saturated carbocycles. The molecule has 228 valence electrons. The minimum absolute atomic E-state index is 0.00271. The molecule has 10 nitrogen and oxygen atoms in total. The second kappa shape index (κ2) is 13.7. The maximum absolute atomic E-state index is 13.7. The van der Waals surface area contributed by atoms with Crippen molar-refractivity contribution in [1.29, 1.82) is 0 Å². The average molecular weight is 594 g/mol. The van der Waals surface area contributed by atoms with Crippen molar-refractivity contribution < 1.29 is 33.2 Å². The number of piperidine rings is 1. The van der Waals surface area contributed by atoms with Crippen LogP contribution in [0.4, 0.5) is 10.1 Å². The molecule has 43 heavy (non-hydrogen) atoms. The number of hydrogen-bond donors (Lipinski definition) is 0. The molecule has 0 aromatic heterocycles. The molecule has 2 aromatic carbocycles. The van der Waals surface area contributed by atoms with Gasteiger partial charge in [0.1, 0.15) is 12.4 Å². The van der Waals surface area contributed by atoms with Crippen LogP contribution in [-0.4, -0.2) is 72.3 Å². The monoisotopic (exact) mass is 593 g/mol. The lowest BCUT2D eigenvalue weighted by Crippen LogP contribution is -2.39. The molecule has 0 radical (unpaired) electrons. The van der Waals surface area contributed by atoms with Crippen LogP contribution in [-0.2, 0) is 19.1 Å². The molecule has 0 spiro atoms. The van der Waals surface area contributed by atoms with E-state index < -0.39 is 22.8 Å². The van der Waals surface area contributed by atoms with Crippen LogP contribution in [0.1, 0.15) is 55.5 Å². The number of carbonyl (C=O) groups excluding carboxylic acids is 3. The van der Waals surface area contributed by atoms with Gasteiger partial charge in [0, 0.05) is 47.6 Å². The molecular weight excluding hydrogens is 557 g/mol. The second-order valence-corrected chi connectivity index (χ2v) is 10.6. The zero-order chi connectivity index (χ0) is 31.3. The van der Waals surface area contributed by atoms with Crippen molar-refractivity contribution in [2.75, 3.05) is 39.9 Å². The summed E-state index contributed by atoms with van der Waals surface area (Å²) in [5, 5.41) is 12.0. The lowest BCUT2D eigenvalue weighted by Gasteiger charge is -2.37. The number of benzene rings is 2. The molecule has 1 unspecified atom stereocenters. The van der Waals surface area contributed by atoms with Crippen LogP contribution in [0.25, 0.3) is 0 Å². The van der Waals surface area contributed by atoms with Crippen molar-refractivity contribution in [3.8, 4) is 0 Å². The maximum atomic E-state index is 13.7. The van der Waals surface area contributed by atoms with Crippen LogP contribution in [0.15, 0.2) is 71.1 Å². The molecule has 1 atom stereocenters. The molecule has 1 fully saturated rings. The summed E-state index contributed by atoms with van der Waals surface area (Å²) in [7, 11) is 1.23. The third-order valence-electron chi connectivity index (χ3n) is 8.28. The first-order chi connectivity index (χ1) is 20.6. The number of nitro benzene ring substituents is 1. The largest absolute Gasteiger partial charge is 0.466 e. The van der Waals surface area contributed by atoms with E-state index in [-0.39, 0.29) is 46.5 Å². The van der Waals surface area contributed by atoms with E-state index in [0.29, 0.717) is 56.0 Å². The quantitative estimate of drug-likeness (QED) is 0.162. The lowest BCUT2D eigenvalue weighted by molar-refractivity contribution is -0.385. The Balaban J connectivity index is 1.50. The molecule has 0 N–H and O–H groups in total. The highest BCUT2D eigenvalue weighted by Gasteiger charge is 2.42. The highest BCUT2D eigenvalue weighted by atomic mass is 19.1. The number of carbonyl (C=O) groups is 3. The van der Waals surface area contributed by atoms with E-state index in [0.717, 1.165) is 0 Å². The number of methoxy groups -OCH3 is 1. The SMILES string of the molecule is CCN1C(C)=C(C(=O)OC)C(c2ccccc2[N+](=O)[O-])C(C(=O)OCCN2CCC(C(=O)c3ccc(F)cc3)CC2)=C1C. The minimum Gasteiger partial charge on any atom is -0.466 e. The maximum Gasteiger partial charge on any atom is 0.336 e. The molecule has 2 aromatic rings. The summed E-state index contributed by atoms with van der Waals surface area (Å²) in [5.74, 6) is -2.96. The summed E-state index contributed by atoms with van der Waals surface area (Å²) < 4.78 is 24.0. The van der Waals surface area contributed by atoms with Gasteiger partial charge in [0.15, 0.2) is 5.78 Å². The van der Waals surface area contributed by atoms with Crippen molar-refractivity contribution >= 4 is 23.4 Å². The first-order valence-corrected chi connectivity index (χ1v) is 14.3. The Bertz CT molecular complexity index is 1460. The highest BCUT2D eigenvalue weighted by Crippen LogP contribution is 2.45. The topological polar surface area (TPSA) is 119 Å². The molecule has 2 aliphatic heterocycles. The Morgan fingerprint density at radius 1 is 0.977 bits per heavy atom. The minimum atomic E-state index is -1.06. The second-order valence-electron chi connectivity index (χ2n) is 10.6. The van der Waals surface area contributed by atoms with Crippen LogP contribution < -0.4 is 0 Å². The van der Waals surface area contributed by atoms with E-state index in [4.69, 9.17) is 9.47 Å². The number of Topliss-reactive ketones (excluding diaryl/α,β-unsaturated/α-hetero) is 1.